The van der Waals surface area contributed by atoms with E-state index in [1.165, 1.54) is 29.1 Å². The molecule has 3 aromatic rings. The second-order valence-corrected chi connectivity index (χ2v) is 14.1. The molecule has 2 aliphatic heterocycles. The fourth-order valence-corrected chi connectivity index (χ4v) is 6.90. The highest BCUT2D eigenvalue weighted by atomic mass is 32.2. The van der Waals surface area contributed by atoms with E-state index in [4.69, 9.17) is 4.74 Å². The molecule has 5 rings (SSSR count). The first kappa shape index (κ1) is 29.1. The molecule has 0 aliphatic carbocycles. The third-order valence-electron chi connectivity index (χ3n) is 7.91. The highest BCUT2D eigenvalue weighted by Gasteiger charge is 2.38. The molecule has 0 saturated carbocycles. The van der Waals surface area contributed by atoms with Crippen molar-refractivity contribution in [3.05, 3.63) is 89.0 Å². The van der Waals surface area contributed by atoms with Crippen molar-refractivity contribution >= 4 is 21.6 Å². The number of piperidine rings is 1. The number of rotatable bonds is 7. The molecule has 0 aromatic heterocycles. The van der Waals surface area contributed by atoms with Crippen LogP contribution < -0.4 is 14.4 Å². The van der Waals surface area contributed by atoms with Gasteiger partial charge in [-0.25, -0.2) is 8.42 Å². The van der Waals surface area contributed by atoms with E-state index in [0.717, 1.165) is 36.3 Å². The van der Waals surface area contributed by atoms with Crippen LogP contribution in [0.4, 0.5) is 5.69 Å². The number of carbonyl (C=O) groups excluding carboxylic acids is 1. The number of ether oxygens (including phenoxy) is 1. The molecule has 0 bridgehead atoms. The Morgan fingerprint density at radius 3 is 2.37 bits per heavy atom. The second kappa shape index (κ2) is 11.9. The lowest BCUT2D eigenvalue weighted by atomic mass is 9.86. The van der Waals surface area contributed by atoms with Gasteiger partial charge in [0.25, 0.3) is 15.9 Å². The van der Waals surface area contributed by atoms with Crippen LogP contribution in [-0.4, -0.2) is 45.0 Å². The minimum atomic E-state index is -3.94. The SMILES string of the molecule is Cc1ccc(S(=O)(=O)N2CC(C(=O)NCc3cccc(CN4CCCCC4)c3)Oc3ccc(C(C)(C)C)cc32)cc1. The maximum absolute atomic E-state index is 13.9. The Morgan fingerprint density at radius 1 is 0.951 bits per heavy atom. The van der Waals surface area contributed by atoms with Crippen LogP contribution in [-0.2, 0) is 33.3 Å². The summed E-state index contributed by atoms with van der Waals surface area (Å²) in [4.78, 5) is 16.1. The minimum Gasteiger partial charge on any atom is -0.476 e. The molecule has 218 valence electrons. The predicted molar refractivity (Wildman–Crippen MR) is 163 cm³/mol. The number of aryl methyl sites for hydroxylation is 1. The lowest BCUT2D eigenvalue weighted by Gasteiger charge is -2.36. The van der Waals surface area contributed by atoms with Crippen LogP contribution in [0.3, 0.4) is 0 Å². The zero-order chi connectivity index (χ0) is 29.2. The average Bonchev–Trinajstić information content (AvgIpc) is 2.95. The van der Waals surface area contributed by atoms with Gasteiger partial charge in [-0.3, -0.25) is 14.0 Å². The van der Waals surface area contributed by atoms with Gasteiger partial charge in [0.05, 0.1) is 17.1 Å². The molecular formula is C33H41N3O4S. The Kier molecular flexibility index (Phi) is 8.43. The van der Waals surface area contributed by atoms with E-state index in [2.05, 4.69) is 43.1 Å². The Balaban J connectivity index is 1.36. The molecule has 1 atom stereocenters. The lowest BCUT2D eigenvalue weighted by Crippen LogP contribution is -2.50. The summed E-state index contributed by atoms with van der Waals surface area (Å²) in [5, 5.41) is 2.99. The first-order chi connectivity index (χ1) is 19.5. The first-order valence-corrected chi connectivity index (χ1v) is 15.9. The number of sulfonamides is 1. The van der Waals surface area contributed by atoms with Crippen molar-refractivity contribution in [3.8, 4) is 5.75 Å². The van der Waals surface area contributed by atoms with Gasteiger partial charge in [-0.05, 0) is 79.2 Å². The Labute approximate surface area is 244 Å². The van der Waals surface area contributed by atoms with E-state index < -0.39 is 16.1 Å². The lowest BCUT2D eigenvalue weighted by molar-refractivity contribution is -0.127. The van der Waals surface area contributed by atoms with Crippen molar-refractivity contribution in [2.75, 3.05) is 23.9 Å². The van der Waals surface area contributed by atoms with Crippen LogP contribution >= 0.6 is 0 Å². The molecule has 1 amide bonds. The van der Waals surface area contributed by atoms with Crippen molar-refractivity contribution < 1.29 is 17.9 Å². The van der Waals surface area contributed by atoms with Crippen LogP contribution in [0.15, 0.2) is 71.6 Å². The standard InChI is InChI=1S/C33H41N3O4S/c1-24-11-14-28(15-12-24)41(38,39)36-23-31(40-30-16-13-27(20-29(30)36)33(2,3)4)32(37)34-21-25-9-8-10-26(19-25)22-35-17-6-5-7-18-35/h8-16,19-20,31H,5-7,17-18,21-23H2,1-4H3,(H,34,37). The van der Waals surface area contributed by atoms with E-state index in [-0.39, 0.29) is 22.8 Å². The molecule has 1 fully saturated rings. The van der Waals surface area contributed by atoms with E-state index in [1.807, 2.05) is 31.2 Å². The molecule has 0 radical (unpaired) electrons. The fraction of sp³-hybridized carbons (Fsp3) is 0.424. The number of nitrogens with one attached hydrogen (secondary N) is 1. The molecule has 7 nitrogen and oxygen atoms in total. The van der Waals surface area contributed by atoms with Gasteiger partial charge in [0, 0.05) is 13.1 Å². The Morgan fingerprint density at radius 2 is 1.66 bits per heavy atom. The molecule has 2 aliphatic rings. The van der Waals surface area contributed by atoms with Crippen molar-refractivity contribution in [1.29, 1.82) is 0 Å². The summed E-state index contributed by atoms with van der Waals surface area (Å²) in [5.41, 5.74) is 4.45. The van der Waals surface area contributed by atoms with Gasteiger partial charge in [0.2, 0.25) is 0 Å². The number of benzene rings is 3. The van der Waals surface area contributed by atoms with Gasteiger partial charge in [-0.2, -0.15) is 0 Å². The van der Waals surface area contributed by atoms with E-state index in [1.54, 1.807) is 30.3 Å². The van der Waals surface area contributed by atoms with E-state index >= 15 is 0 Å². The zero-order valence-electron chi connectivity index (χ0n) is 24.5. The van der Waals surface area contributed by atoms with Crippen LogP contribution in [0.5, 0.6) is 5.75 Å². The van der Waals surface area contributed by atoms with Crippen LogP contribution in [0.1, 0.15) is 62.3 Å². The van der Waals surface area contributed by atoms with Crippen molar-refractivity contribution in [2.45, 2.75) is 76.5 Å². The summed E-state index contributed by atoms with van der Waals surface area (Å²) >= 11 is 0. The second-order valence-electron chi connectivity index (χ2n) is 12.3. The van der Waals surface area contributed by atoms with Gasteiger partial charge in [-0.15, -0.1) is 0 Å². The van der Waals surface area contributed by atoms with Crippen molar-refractivity contribution in [1.82, 2.24) is 10.2 Å². The van der Waals surface area contributed by atoms with Gasteiger partial charge in [0.1, 0.15) is 5.75 Å². The summed E-state index contributed by atoms with van der Waals surface area (Å²) < 4.78 is 35.3. The molecule has 1 unspecified atom stereocenters. The van der Waals surface area contributed by atoms with Crippen molar-refractivity contribution in [2.24, 2.45) is 0 Å². The van der Waals surface area contributed by atoms with Crippen LogP contribution in [0.2, 0.25) is 0 Å². The maximum atomic E-state index is 13.9. The third-order valence-corrected chi connectivity index (χ3v) is 9.70. The summed E-state index contributed by atoms with van der Waals surface area (Å²) in [5.74, 6) is 0.0321. The zero-order valence-corrected chi connectivity index (χ0v) is 25.3. The van der Waals surface area contributed by atoms with Gasteiger partial charge < -0.3 is 10.1 Å². The summed E-state index contributed by atoms with van der Waals surface area (Å²) in [6, 6.07) is 20.6. The molecule has 41 heavy (non-hydrogen) atoms. The summed E-state index contributed by atoms with van der Waals surface area (Å²) in [6.07, 6.45) is 2.81. The largest absolute Gasteiger partial charge is 0.476 e. The predicted octanol–water partition coefficient (Wildman–Crippen LogP) is 5.55. The molecule has 0 spiro atoms. The number of nitrogens with zero attached hydrogens (tertiary/aromatic N) is 2. The van der Waals surface area contributed by atoms with Gasteiger partial charge in [-0.1, -0.05) is 75.2 Å². The number of likely N-dealkylation sites (tertiary alicyclic amines) is 1. The molecule has 8 heteroatoms. The van der Waals surface area contributed by atoms with E-state index in [9.17, 15) is 13.2 Å². The molecule has 1 saturated heterocycles. The van der Waals surface area contributed by atoms with Crippen LogP contribution in [0, 0.1) is 6.92 Å². The average molecular weight is 576 g/mol. The molecule has 3 aromatic carbocycles. The monoisotopic (exact) mass is 575 g/mol. The summed E-state index contributed by atoms with van der Waals surface area (Å²) in [6.45, 7) is 11.5. The normalized spacial score (nSPS) is 18.0. The summed E-state index contributed by atoms with van der Waals surface area (Å²) in [7, 11) is -3.94. The topological polar surface area (TPSA) is 79.0 Å². The van der Waals surface area contributed by atoms with Crippen LogP contribution in [0.25, 0.3) is 0 Å². The quantitative estimate of drug-likeness (QED) is 0.400. The first-order valence-electron chi connectivity index (χ1n) is 14.5. The highest BCUT2D eigenvalue weighted by molar-refractivity contribution is 7.92. The Bertz CT molecular complexity index is 1490. The number of fused-ring (bicyclic) bond motifs is 1. The van der Waals surface area contributed by atoms with Gasteiger partial charge in [0.15, 0.2) is 6.10 Å². The number of hydrogen-bond donors (Lipinski definition) is 1. The minimum absolute atomic E-state index is 0.113. The maximum Gasteiger partial charge on any atom is 0.264 e. The number of hydrogen-bond acceptors (Lipinski definition) is 5. The van der Waals surface area contributed by atoms with Gasteiger partial charge >= 0.3 is 0 Å². The van der Waals surface area contributed by atoms with E-state index in [0.29, 0.717) is 18.0 Å². The third kappa shape index (κ3) is 6.76. The number of carbonyl (C=O) groups is 1. The van der Waals surface area contributed by atoms with Crippen molar-refractivity contribution in [3.63, 3.8) is 0 Å². The molecular weight excluding hydrogens is 534 g/mol. The molecule has 2 heterocycles. The number of amides is 1. The number of anilines is 1. The molecule has 1 N–H and O–H groups in total. The smallest absolute Gasteiger partial charge is 0.264 e. The fourth-order valence-electron chi connectivity index (χ4n) is 5.44. The highest BCUT2D eigenvalue weighted by Crippen LogP contribution is 2.40. The Hall–Kier alpha value is -3.36.